The minimum Gasteiger partial charge on any atom is -0.343 e. The van der Waals surface area contributed by atoms with Crippen LogP contribution >= 0.6 is 0 Å². The minimum atomic E-state index is 0.248. The Morgan fingerprint density at radius 3 is 2.50 bits per heavy atom. The highest BCUT2D eigenvalue weighted by Gasteiger charge is 2.11. The first kappa shape index (κ1) is 11.5. The molecule has 1 amide bonds. The van der Waals surface area contributed by atoms with Crippen LogP contribution in [0.2, 0.25) is 0 Å². The molecule has 0 bridgehead atoms. The fraction of sp³-hybridized carbons (Fsp3) is 0.917. The lowest BCUT2D eigenvalue weighted by atomic mass is 9.98. The molecule has 1 unspecified atom stereocenters. The Balaban J connectivity index is 2.40. The number of hydrogen-bond donors (Lipinski definition) is 0. The van der Waals surface area contributed by atoms with Crippen molar-refractivity contribution in [3.8, 4) is 0 Å². The molecule has 82 valence electrons. The van der Waals surface area contributed by atoms with E-state index in [0.29, 0.717) is 0 Å². The van der Waals surface area contributed by atoms with E-state index in [0.717, 1.165) is 19.0 Å². The molecule has 2 heteroatoms. The number of nitrogens with zero attached hydrogens (tertiary/aromatic N) is 1. The molecule has 1 saturated heterocycles. The first-order valence-electron chi connectivity index (χ1n) is 5.95. The third-order valence-electron chi connectivity index (χ3n) is 3.21. The van der Waals surface area contributed by atoms with Crippen LogP contribution in [-0.4, -0.2) is 23.9 Å². The Labute approximate surface area is 87.7 Å². The van der Waals surface area contributed by atoms with Gasteiger partial charge in [-0.2, -0.15) is 0 Å². The zero-order chi connectivity index (χ0) is 10.4. The lowest BCUT2D eigenvalue weighted by molar-refractivity contribution is -0.129. The molecule has 0 N–H and O–H groups in total. The Kier molecular flexibility index (Phi) is 4.99. The normalized spacial score (nSPS) is 25.9. The van der Waals surface area contributed by atoms with Crippen LogP contribution in [0.3, 0.4) is 0 Å². The van der Waals surface area contributed by atoms with Crippen molar-refractivity contribution >= 4 is 5.91 Å². The second kappa shape index (κ2) is 6.05. The summed E-state index contributed by atoms with van der Waals surface area (Å²) in [5, 5.41) is 0. The van der Waals surface area contributed by atoms with Crippen LogP contribution in [0.1, 0.15) is 52.4 Å². The van der Waals surface area contributed by atoms with Gasteiger partial charge in [-0.15, -0.1) is 0 Å². The summed E-state index contributed by atoms with van der Waals surface area (Å²) in [6, 6.07) is 0. The minimum absolute atomic E-state index is 0.248. The monoisotopic (exact) mass is 197 g/mol. The van der Waals surface area contributed by atoms with Crippen molar-refractivity contribution in [2.45, 2.75) is 52.4 Å². The number of carbonyl (C=O) groups is 1. The quantitative estimate of drug-likeness (QED) is 0.585. The highest BCUT2D eigenvalue weighted by molar-refractivity contribution is 5.73. The van der Waals surface area contributed by atoms with Gasteiger partial charge >= 0.3 is 0 Å². The molecule has 1 fully saturated rings. The van der Waals surface area contributed by atoms with Crippen LogP contribution in [0.4, 0.5) is 0 Å². The second-order valence-corrected chi connectivity index (χ2v) is 4.60. The van der Waals surface area contributed by atoms with E-state index in [1.165, 1.54) is 38.5 Å². The summed E-state index contributed by atoms with van der Waals surface area (Å²) in [5.74, 6) is 1.03. The molecule has 14 heavy (non-hydrogen) atoms. The molecule has 0 aromatic heterocycles. The van der Waals surface area contributed by atoms with Gasteiger partial charge in [0.25, 0.3) is 0 Å². The molecule has 0 aromatic carbocycles. The highest BCUT2D eigenvalue weighted by Crippen LogP contribution is 2.16. The third kappa shape index (κ3) is 4.12. The molecule has 0 saturated carbocycles. The van der Waals surface area contributed by atoms with E-state index in [1.807, 2.05) is 4.90 Å². The van der Waals surface area contributed by atoms with E-state index >= 15 is 0 Å². The first-order chi connectivity index (χ1) is 6.70. The second-order valence-electron chi connectivity index (χ2n) is 4.60. The summed E-state index contributed by atoms with van der Waals surface area (Å²) in [7, 11) is 0. The predicted octanol–water partition coefficient (Wildman–Crippen LogP) is 2.83. The Hall–Kier alpha value is -0.530. The van der Waals surface area contributed by atoms with Crippen molar-refractivity contribution in [1.29, 1.82) is 0 Å². The number of amides is 1. The molecule has 1 aliphatic rings. The van der Waals surface area contributed by atoms with Gasteiger partial charge in [-0.25, -0.2) is 0 Å². The van der Waals surface area contributed by atoms with Crippen molar-refractivity contribution in [1.82, 2.24) is 4.90 Å². The zero-order valence-electron chi connectivity index (χ0n) is 9.59. The predicted molar refractivity (Wildman–Crippen MR) is 59.1 cm³/mol. The molecule has 0 aromatic rings. The third-order valence-corrected chi connectivity index (χ3v) is 3.21. The van der Waals surface area contributed by atoms with E-state index in [4.69, 9.17) is 0 Å². The van der Waals surface area contributed by atoms with E-state index in [-0.39, 0.29) is 5.91 Å². The topological polar surface area (TPSA) is 20.3 Å². The zero-order valence-corrected chi connectivity index (χ0v) is 9.59. The van der Waals surface area contributed by atoms with Gasteiger partial charge in [-0.05, 0) is 18.8 Å². The maximum absolute atomic E-state index is 11.3. The van der Waals surface area contributed by atoms with Crippen LogP contribution < -0.4 is 0 Å². The summed E-state index contributed by atoms with van der Waals surface area (Å²) < 4.78 is 0. The lowest BCUT2D eigenvalue weighted by Crippen LogP contribution is -2.32. The molecule has 1 aliphatic heterocycles. The van der Waals surface area contributed by atoms with Crippen molar-refractivity contribution in [3.05, 3.63) is 0 Å². The molecule has 0 aliphatic carbocycles. The van der Waals surface area contributed by atoms with Gasteiger partial charge in [-0.3, -0.25) is 4.79 Å². The first-order valence-corrected chi connectivity index (χ1v) is 5.95. The molecule has 0 radical (unpaired) electrons. The molecular formula is C12H23NO. The summed E-state index contributed by atoms with van der Waals surface area (Å²) >= 11 is 0. The standard InChI is InChI=1S/C12H23NO/c1-11-7-5-3-4-6-9-13(10-8-11)12(2)14/h11H,3-10H2,1-2H3. The average molecular weight is 197 g/mol. The SMILES string of the molecule is CC(=O)N1CCCCCCC(C)CC1. The molecule has 1 atom stereocenters. The largest absolute Gasteiger partial charge is 0.343 e. The highest BCUT2D eigenvalue weighted by atomic mass is 16.2. The summed E-state index contributed by atoms with van der Waals surface area (Å²) in [5.41, 5.74) is 0. The van der Waals surface area contributed by atoms with Gasteiger partial charge in [0.15, 0.2) is 0 Å². The Morgan fingerprint density at radius 2 is 1.79 bits per heavy atom. The van der Waals surface area contributed by atoms with Gasteiger partial charge in [-0.1, -0.05) is 32.6 Å². The van der Waals surface area contributed by atoms with Crippen LogP contribution in [-0.2, 0) is 4.79 Å². The molecule has 0 spiro atoms. The summed E-state index contributed by atoms with van der Waals surface area (Å²) in [4.78, 5) is 13.3. The fourth-order valence-corrected chi connectivity index (χ4v) is 2.10. The van der Waals surface area contributed by atoms with E-state index in [9.17, 15) is 4.79 Å². The maximum atomic E-state index is 11.3. The Bertz CT molecular complexity index is 179. The average Bonchev–Trinajstić information content (AvgIpc) is 2.15. The van der Waals surface area contributed by atoms with Crippen molar-refractivity contribution in [3.63, 3.8) is 0 Å². The van der Waals surface area contributed by atoms with Gasteiger partial charge < -0.3 is 4.90 Å². The number of rotatable bonds is 0. The van der Waals surface area contributed by atoms with E-state index in [2.05, 4.69) is 6.92 Å². The molecule has 1 rings (SSSR count). The summed E-state index contributed by atoms with van der Waals surface area (Å²) in [6.07, 6.45) is 7.72. The van der Waals surface area contributed by atoms with E-state index in [1.54, 1.807) is 6.92 Å². The Morgan fingerprint density at radius 1 is 1.07 bits per heavy atom. The molecule has 1 heterocycles. The van der Waals surface area contributed by atoms with Gasteiger partial charge in [0.2, 0.25) is 5.91 Å². The van der Waals surface area contributed by atoms with Crippen LogP contribution in [0.25, 0.3) is 0 Å². The fourth-order valence-electron chi connectivity index (χ4n) is 2.10. The number of hydrogen-bond acceptors (Lipinski definition) is 1. The molecular weight excluding hydrogens is 174 g/mol. The number of carbonyl (C=O) groups excluding carboxylic acids is 1. The van der Waals surface area contributed by atoms with Crippen LogP contribution in [0, 0.1) is 5.92 Å². The van der Waals surface area contributed by atoms with Crippen molar-refractivity contribution in [2.24, 2.45) is 5.92 Å². The smallest absolute Gasteiger partial charge is 0.219 e. The molecule has 2 nitrogen and oxygen atoms in total. The lowest BCUT2D eigenvalue weighted by Gasteiger charge is -2.24. The van der Waals surface area contributed by atoms with E-state index < -0.39 is 0 Å². The summed E-state index contributed by atoms with van der Waals surface area (Å²) in [6.45, 7) is 5.94. The van der Waals surface area contributed by atoms with Gasteiger partial charge in [0.1, 0.15) is 0 Å². The van der Waals surface area contributed by atoms with Crippen molar-refractivity contribution < 1.29 is 4.79 Å². The van der Waals surface area contributed by atoms with Crippen LogP contribution in [0.15, 0.2) is 0 Å². The van der Waals surface area contributed by atoms with Gasteiger partial charge in [0.05, 0.1) is 0 Å². The van der Waals surface area contributed by atoms with Crippen molar-refractivity contribution in [2.75, 3.05) is 13.1 Å². The maximum Gasteiger partial charge on any atom is 0.219 e. The van der Waals surface area contributed by atoms with Crippen LogP contribution in [0.5, 0.6) is 0 Å². The van der Waals surface area contributed by atoms with Gasteiger partial charge in [0, 0.05) is 20.0 Å².